The summed E-state index contributed by atoms with van der Waals surface area (Å²) in [7, 11) is 3.76. The molecule has 1 aliphatic heterocycles. The Kier molecular flexibility index (Phi) is 4.99. The summed E-state index contributed by atoms with van der Waals surface area (Å²) >= 11 is 0. The molecule has 0 aliphatic carbocycles. The van der Waals surface area contributed by atoms with Crippen molar-refractivity contribution in [1.82, 2.24) is 20.1 Å². The van der Waals surface area contributed by atoms with E-state index >= 15 is 0 Å². The predicted molar refractivity (Wildman–Crippen MR) is 76.5 cm³/mol. The SMILES string of the molecule is CNCCN(C)C(=O)c1cccn1C1CCNCC1. The van der Waals surface area contributed by atoms with Crippen LogP contribution in [-0.2, 0) is 0 Å². The molecule has 2 N–H and O–H groups in total. The Morgan fingerprint density at radius 2 is 2.26 bits per heavy atom. The van der Waals surface area contributed by atoms with Crippen LogP contribution in [0.1, 0.15) is 29.4 Å². The summed E-state index contributed by atoms with van der Waals surface area (Å²) in [6.45, 7) is 3.61. The van der Waals surface area contributed by atoms with Gasteiger partial charge in [-0.2, -0.15) is 0 Å². The highest BCUT2D eigenvalue weighted by Gasteiger charge is 2.21. The number of nitrogens with zero attached hydrogens (tertiary/aromatic N) is 2. The topological polar surface area (TPSA) is 49.3 Å². The molecule has 1 aliphatic rings. The lowest BCUT2D eigenvalue weighted by atomic mass is 10.1. The Morgan fingerprint density at radius 1 is 1.53 bits per heavy atom. The average molecular weight is 264 g/mol. The van der Waals surface area contributed by atoms with Crippen molar-refractivity contribution in [3.05, 3.63) is 24.0 Å². The fraction of sp³-hybridized carbons (Fsp3) is 0.643. The van der Waals surface area contributed by atoms with Crippen LogP contribution < -0.4 is 10.6 Å². The molecule has 19 heavy (non-hydrogen) atoms. The minimum Gasteiger partial charge on any atom is -0.340 e. The summed E-state index contributed by atoms with van der Waals surface area (Å²) in [4.78, 5) is 14.2. The van der Waals surface area contributed by atoms with Crippen molar-refractivity contribution in [3.63, 3.8) is 0 Å². The summed E-state index contributed by atoms with van der Waals surface area (Å²) < 4.78 is 2.15. The Balaban J connectivity index is 2.07. The van der Waals surface area contributed by atoms with Gasteiger partial charge in [0.2, 0.25) is 0 Å². The molecule has 1 aromatic rings. The van der Waals surface area contributed by atoms with Crippen LogP contribution >= 0.6 is 0 Å². The number of rotatable bonds is 5. The lowest BCUT2D eigenvalue weighted by molar-refractivity contribution is 0.0782. The van der Waals surface area contributed by atoms with Crippen molar-refractivity contribution in [2.75, 3.05) is 40.3 Å². The van der Waals surface area contributed by atoms with E-state index in [0.717, 1.165) is 44.7 Å². The highest BCUT2D eigenvalue weighted by atomic mass is 16.2. The van der Waals surface area contributed by atoms with Gasteiger partial charge < -0.3 is 20.1 Å². The Morgan fingerprint density at radius 3 is 2.95 bits per heavy atom. The molecule has 1 fully saturated rings. The summed E-state index contributed by atoms with van der Waals surface area (Å²) in [6.07, 6.45) is 4.22. The number of likely N-dealkylation sites (N-methyl/N-ethyl adjacent to an activating group) is 2. The van der Waals surface area contributed by atoms with Crippen LogP contribution in [0.25, 0.3) is 0 Å². The van der Waals surface area contributed by atoms with Gasteiger partial charge in [0.15, 0.2) is 0 Å². The van der Waals surface area contributed by atoms with Crippen LogP contribution in [0.5, 0.6) is 0 Å². The molecule has 5 nitrogen and oxygen atoms in total. The fourth-order valence-electron chi connectivity index (χ4n) is 2.55. The van der Waals surface area contributed by atoms with Crippen molar-refractivity contribution in [2.45, 2.75) is 18.9 Å². The van der Waals surface area contributed by atoms with Crippen molar-refractivity contribution in [1.29, 1.82) is 0 Å². The van der Waals surface area contributed by atoms with Crippen LogP contribution in [0.15, 0.2) is 18.3 Å². The molecule has 0 spiro atoms. The number of carbonyl (C=O) groups excluding carboxylic acids is 1. The van der Waals surface area contributed by atoms with E-state index in [1.54, 1.807) is 4.90 Å². The van der Waals surface area contributed by atoms with E-state index in [1.807, 2.05) is 32.4 Å². The van der Waals surface area contributed by atoms with Gasteiger partial charge in [-0.1, -0.05) is 0 Å². The second-order valence-corrected chi connectivity index (χ2v) is 5.11. The molecule has 0 atom stereocenters. The zero-order chi connectivity index (χ0) is 13.7. The quantitative estimate of drug-likeness (QED) is 0.823. The fourth-order valence-corrected chi connectivity index (χ4v) is 2.55. The van der Waals surface area contributed by atoms with Gasteiger partial charge in [0.05, 0.1) is 0 Å². The van der Waals surface area contributed by atoms with Crippen LogP contribution in [0, 0.1) is 0 Å². The molecule has 1 saturated heterocycles. The largest absolute Gasteiger partial charge is 0.340 e. The second kappa shape index (κ2) is 6.73. The normalized spacial score (nSPS) is 16.5. The minimum absolute atomic E-state index is 0.110. The number of hydrogen-bond acceptors (Lipinski definition) is 3. The molecule has 1 aromatic heterocycles. The highest BCUT2D eigenvalue weighted by molar-refractivity contribution is 5.92. The Hall–Kier alpha value is -1.33. The summed E-state index contributed by atoms with van der Waals surface area (Å²) in [5.41, 5.74) is 0.811. The molecule has 106 valence electrons. The zero-order valence-electron chi connectivity index (χ0n) is 11.9. The van der Waals surface area contributed by atoms with Crippen LogP contribution in [0.4, 0.5) is 0 Å². The van der Waals surface area contributed by atoms with Crippen molar-refractivity contribution < 1.29 is 4.79 Å². The molecular weight excluding hydrogens is 240 g/mol. The lowest BCUT2D eigenvalue weighted by Crippen LogP contribution is -2.35. The molecule has 2 heterocycles. The van der Waals surface area contributed by atoms with Crippen LogP contribution in [0.2, 0.25) is 0 Å². The average Bonchev–Trinajstić information content (AvgIpc) is 2.94. The summed E-state index contributed by atoms with van der Waals surface area (Å²) in [5, 5.41) is 6.43. The van der Waals surface area contributed by atoms with E-state index in [2.05, 4.69) is 15.2 Å². The zero-order valence-corrected chi connectivity index (χ0v) is 11.9. The van der Waals surface area contributed by atoms with E-state index in [-0.39, 0.29) is 5.91 Å². The summed E-state index contributed by atoms with van der Waals surface area (Å²) in [6, 6.07) is 4.36. The number of nitrogens with one attached hydrogen (secondary N) is 2. The van der Waals surface area contributed by atoms with Gasteiger partial charge in [-0.15, -0.1) is 0 Å². The number of hydrogen-bond donors (Lipinski definition) is 2. The van der Waals surface area contributed by atoms with Crippen molar-refractivity contribution in [2.24, 2.45) is 0 Å². The van der Waals surface area contributed by atoms with E-state index in [9.17, 15) is 4.79 Å². The first-order valence-electron chi connectivity index (χ1n) is 7.01. The maximum absolute atomic E-state index is 12.4. The van der Waals surface area contributed by atoms with Gasteiger partial charge >= 0.3 is 0 Å². The number of amides is 1. The van der Waals surface area contributed by atoms with E-state index in [1.165, 1.54) is 0 Å². The monoisotopic (exact) mass is 264 g/mol. The van der Waals surface area contributed by atoms with Crippen LogP contribution in [0.3, 0.4) is 0 Å². The van der Waals surface area contributed by atoms with Gasteiger partial charge in [0.1, 0.15) is 5.69 Å². The number of carbonyl (C=O) groups is 1. The number of piperidine rings is 1. The predicted octanol–water partition coefficient (Wildman–Crippen LogP) is 0.704. The van der Waals surface area contributed by atoms with E-state index < -0.39 is 0 Å². The maximum atomic E-state index is 12.4. The Labute approximate surface area is 115 Å². The third-order valence-electron chi connectivity index (χ3n) is 3.74. The first-order valence-corrected chi connectivity index (χ1v) is 7.01. The van der Waals surface area contributed by atoms with Gasteiger partial charge in [-0.25, -0.2) is 0 Å². The molecular formula is C14H24N4O. The molecule has 0 aromatic carbocycles. The molecule has 2 rings (SSSR count). The molecule has 1 amide bonds. The molecule has 0 bridgehead atoms. The highest BCUT2D eigenvalue weighted by Crippen LogP contribution is 2.21. The molecule has 0 radical (unpaired) electrons. The maximum Gasteiger partial charge on any atom is 0.270 e. The first-order chi connectivity index (χ1) is 9.24. The minimum atomic E-state index is 0.110. The number of aromatic nitrogens is 1. The third kappa shape index (κ3) is 3.36. The van der Waals surface area contributed by atoms with E-state index in [4.69, 9.17) is 0 Å². The first kappa shape index (κ1) is 14.1. The third-order valence-corrected chi connectivity index (χ3v) is 3.74. The standard InChI is InChI=1S/C14H24N4O/c1-15-9-11-17(2)14(19)13-4-3-10-18(13)12-5-7-16-8-6-12/h3-4,10,12,15-16H,5-9,11H2,1-2H3. The molecule has 0 unspecified atom stereocenters. The van der Waals surface area contributed by atoms with Gasteiger partial charge in [0.25, 0.3) is 5.91 Å². The van der Waals surface area contributed by atoms with Crippen molar-refractivity contribution in [3.8, 4) is 0 Å². The van der Waals surface area contributed by atoms with Gasteiger partial charge in [-0.3, -0.25) is 4.79 Å². The molecule has 5 heteroatoms. The van der Waals surface area contributed by atoms with E-state index in [0.29, 0.717) is 6.04 Å². The van der Waals surface area contributed by atoms with Crippen LogP contribution in [-0.4, -0.2) is 55.6 Å². The summed E-state index contributed by atoms with van der Waals surface area (Å²) in [5.74, 6) is 0.110. The molecule has 0 saturated carbocycles. The van der Waals surface area contributed by atoms with Gasteiger partial charge in [-0.05, 0) is 45.1 Å². The second-order valence-electron chi connectivity index (χ2n) is 5.11. The van der Waals surface area contributed by atoms with Crippen molar-refractivity contribution >= 4 is 5.91 Å². The lowest BCUT2D eigenvalue weighted by Gasteiger charge is -2.27. The van der Waals surface area contributed by atoms with Gasteiger partial charge in [0, 0.05) is 32.4 Å². The smallest absolute Gasteiger partial charge is 0.270 e. The Bertz CT molecular complexity index is 409.